The Morgan fingerprint density at radius 2 is 1.94 bits per heavy atom. The van der Waals surface area contributed by atoms with Gasteiger partial charge >= 0.3 is 0 Å². The Bertz CT molecular complexity index is 1190. The van der Waals surface area contributed by atoms with Crippen LogP contribution >= 0.6 is 0 Å². The smallest absolute Gasteiger partial charge is 0.251 e. The Morgan fingerprint density at radius 3 is 2.64 bits per heavy atom. The summed E-state index contributed by atoms with van der Waals surface area (Å²) in [4.78, 5) is 13.5. The van der Waals surface area contributed by atoms with Gasteiger partial charge in [0.2, 0.25) is 0 Å². The molecular formula is C27H31F3N5U-. The number of rotatable bonds is 7. The Hall–Kier alpha value is -1.82. The number of hydrogen-bond acceptors (Lipinski definition) is 5. The summed E-state index contributed by atoms with van der Waals surface area (Å²) in [5.41, 5.74) is 4.00. The standard InChI is InChI=1S/C27H31F3N5.U/c1-3-17-9-24-21(10-22(17)28)25(11-23(33-24)18-5-6-27(31-4-2)32-12-18)35-14-19-7-8-34(16-26(29)30)13-20(19)15-35;/h5-6,9-12,19-20,26H,2-4,7-8,13-16H2,1H3,(H,31,32);/q-1;. The van der Waals surface area contributed by atoms with Crippen LogP contribution in [0.4, 0.5) is 24.7 Å². The molecule has 0 bridgehead atoms. The van der Waals surface area contributed by atoms with Crippen molar-refractivity contribution in [2.45, 2.75) is 26.2 Å². The van der Waals surface area contributed by atoms with E-state index in [1.165, 1.54) is 0 Å². The first kappa shape index (κ1) is 27.2. The first-order valence-electron chi connectivity index (χ1n) is 12.3. The van der Waals surface area contributed by atoms with Crippen LogP contribution in [0.5, 0.6) is 0 Å². The maximum atomic E-state index is 14.8. The second-order valence-corrected chi connectivity index (χ2v) is 9.56. The average Bonchev–Trinajstić information content (AvgIpc) is 3.26. The molecular weight excluding hydrogens is 689 g/mol. The molecule has 36 heavy (non-hydrogen) atoms. The van der Waals surface area contributed by atoms with Crippen LogP contribution in [0.25, 0.3) is 22.2 Å². The van der Waals surface area contributed by atoms with Crippen molar-refractivity contribution in [3.63, 3.8) is 0 Å². The maximum Gasteiger partial charge on any atom is 0.251 e. The van der Waals surface area contributed by atoms with Gasteiger partial charge in [-0.1, -0.05) is 6.92 Å². The van der Waals surface area contributed by atoms with Gasteiger partial charge in [-0.2, -0.15) is 0 Å². The zero-order chi connectivity index (χ0) is 24.5. The first-order valence-corrected chi connectivity index (χ1v) is 12.3. The molecule has 4 heterocycles. The van der Waals surface area contributed by atoms with Crippen molar-refractivity contribution in [1.29, 1.82) is 0 Å². The Labute approximate surface area is 234 Å². The fraction of sp³-hybridized carbons (Fsp3) is 0.444. The fourth-order valence-corrected chi connectivity index (χ4v) is 5.53. The molecule has 0 aliphatic carbocycles. The molecule has 2 aromatic heterocycles. The van der Waals surface area contributed by atoms with Crippen LogP contribution < -0.4 is 10.2 Å². The molecule has 2 atom stereocenters. The number of nitrogens with zero attached hydrogens (tertiary/aromatic N) is 4. The third-order valence-electron chi connectivity index (χ3n) is 7.32. The molecule has 2 unspecified atom stereocenters. The van der Waals surface area contributed by atoms with Crippen LogP contribution in [0.15, 0.2) is 36.5 Å². The number of anilines is 2. The molecule has 0 radical (unpaired) electrons. The number of benzene rings is 1. The number of aryl methyl sites for hydroxylation is 1. The van der Waals surface area contributed by atoms with Crippen LogP contribution in [0.3, 0.4) is 0 Å². The van der Waals surface area contributed by atoms with Crippen molar-refractivity contribution in [3.8, 4) is 11.3 Å². The summed E-state index contributed by atoms with van der Waals surface area (Å²) in [6.45, 7) is 9.09. The molecule has 2 aliphatic heterocycles. The average molecular weight is 721 g/mol. The van der Waals surface area contributed by atoms with Gasteiger partial charge in [0.25, 0.3) is 6.43 Å². The van der Waals surface area contributed by atoms with Crippen LogP contribution in [-0.2, 0) is 6.42 Å². The minimum atomic E-state index is -2.31. The molecule has 3 aromatic rings. The summed E-state index contributed by atoms with van der Waals surface area (Å²) in [5, 5.41) is 3.88. The van der Waals surface area contributed by atoms with Crippen molar-refractivity contribution in [1.82, 2.24) is 14.9 Å². The molecule has 5 rings (SSSR count). The van der Waals surface area contributed by atoms with E-state index in [0.29, 0.717) is 43.5 Å². The molecule has 1 aromatic carbocycles. The molecule has 5 nitrogen and oxygen atoms in total. The number of likely N-dealkylation sites (tertiary alicyclic amines) is 1. The third-order valence-corrected chi connectivity index (χ3v) is 7.32. The van der Waals surface area contributed by atoms with E-state index in [1.807, 2.05) is 36.1 Å². The molecule has 0 saturated carbocycles. The number of aromatic nitrogens is 2. The predicted octanol–water partition coefficient (Wildman–Crippen LogP) is 5.27. The normalized spacial score (nSPS) is 20.0. The van der Waals surface area contributed by atoms with Crippen LogP contribution in [-0.4, -0.2) is 60.6 Å². The molecule has 2 fully saturated rings. The third kappa shape index (κ3) is 5.69. The molecule has 0 spiro atoms. The summed E-state index contributed by atoms with van der Waals surface area (Å²) < 4.78 is 40.7. The van der Waals surface area contributed by atoms with Gasteiger partial charge < -0.3 is 17.1 Å². The van der Waals surface area contributed by atoms with Gasteiger partial charge in [-0.3, -0.25) is 4.90 Å². The molecule has 1 N–H and O–H groups in total. The number of fused-ring (bicyclic) bond motifs is 2. The maximum absolute atomic E-state index is 14.8. The van der Waals surface area contributed by atoms with Gasteiger partial charge in [-0.25, -0.2) is 23.1 Å². The van der Waals surface area contributed by atoms with Crippen molar-refractivity contribution in [2.24, 2.45) is 11.8 Å². The Morgan fingerprint density at radius 1 is 1.14 bits per heavy atom. The van der Waals surface area contributed by atoms with Gasteiger partial charge in [0.1, 0.15) is 11.6 Å². The van der Waals surface area contributed by atoms with Gasteiger partial charge in [0.05, 0.1) is 17.8 Å². The summed E-state index contributed by atoms with van der Waals surface area (Å²) >= 11 is 0. The van der Waals surface area contributed by atoms with Gasteiger partial charge in [-0.15, -0.1) is 6.54 Å². The first-order chi connectivity index (χ1) is 16.9. The number of pyridine rings is 2. The van der Waals surface area contributed by atoms with Crippen molar-refractivity contribution >= 4 is 22.4 Å². The van der Waals surface area contributed by atoms with Crippen LogP contribution in [0.1, 0.15) is 18.9 Å². The van der Waals surface area contributed by atoms with Crippen molar-refractivity contribution in [3.05, 3.63) is 54.8 Å². The largest absolute Gasteiger partial charge is 0.400 e. The van der Waals surface area contributed by atoms with E-state index in [-0.39, 0.29) is 43.5 Å². The van der Waals surface area contributed by atoms with E-state index in [1.54, 1.807) is 12.3 Å². The van der Waals surface area contributed by atoms with Gasteiger partial charge in [0, 0.05) is 73.6 Å². The minimum Gasteiger partial charge on any atom is -0.400 e. The molecule has 0 amide bonds. The van der Waals surface area contributed by atoms with Crippen LogP contribution in [0, 0.1) is 55.7 Å². The topological polar surface area (TPSA) is 44.3 Å². The number of hydrogen-bond donors (Lipinski definition) is 1. The van der Waals surface area contributed by atoms with Gasteiger partial charge in [0.15, 0.2) is 0 Å². The second kappa shape index (κ2) is 11.7. The zero-order valence-corrected chi connectivity index (χ0v) is 24.6. The summed E-state index contributed by atoms with van der Waals surface area (Å²) in [7, 11) is 0. The van der Waals surface area contributed by atoms with Gasteiger partial charge in [-0.05, 0) is 67.1 Å². The number of alkyl halides is 2. The molecule has 9 heteroatoms. The fourth-order valence-electron chi connectivity index (χ4n) is 5.53. The monoisotopic (exact) mass is 720 g/mol. The predicted molar refractivity (Wildman–Crippen MR) is 134 cm³/mol. The summed E-state index contributed by atoms with van der Waals surface area (Å²) in [6.07, 6.45) is 0.967. The van der Waals surface area contributed by atoms with E-state index < -0.39 is 6.43 Å². The Balaban J connectivity index is 0.00000304. The molecule has 190 valence electrons. The number of halogens is 3. The number of nitrogens with one attached hydrogen (secondary N) is 1. The number of piperidine rings is 1. The summed E-state index contributed by atoms with van der Waals surface area (Å²) in [5.74, 6) is 1.30. The Kier molecular flexibility index (Phi) is 8.85. The van der Waals surface area contributed by atoms with Crippen LogP contribution in [0.2, 0.25) is 0 Å². The van der Waals surface area contributed by atoms with E-state index in [2.05, 4.69) is 22.1 Å². The van der Waals surface area contributed by atoms with E-state index in [4.69, 9.17) is 4.98 Å². The zero-order valence-electron chi connectivity index (χ0n) is 20.5. The van der Waals surface area contributed by atoms with E-state index in [0.717, 1.165) is 53.2 Å². The van der Waals surface area contributed by atoms with E-state index >= 15 is 0 Å². The van der Waals surface area contributed by atoms with E-state index in [9.17, 15) is 13.2 Å². The quantitative estimate of drug-likeness (QED) is 0.338. The summed E-state index contributed by atoms with van der Waals surface area (Å²) in [6, 6.07) is 9.34. The molecule has 2 aliphatic rings. The SMILES string of the molecule is [CH2-]CNc1ccc(-c2cc(N3CC4CCN(CC(F)F)CC4C3)c3cc(F)c(CC)cc3n2)cn1.[U]. The second-order valence-electron chi connectivity index (χ2n) is 9.56. The van der Waals surface area contributed by atoms with Crippen molar-refractivity contribution < 1.29 is 44.3 Å². The minimum absolute atomic E-state index is 0. The molecule has 2 saturated heterocycles. The van der Waals surface area contributed by atoms with Crippen molar-refractivity contribution in [2.75, 3.05) is 49.5 Å².